The van der Waals surface area contributed by atoms with Gasteiger partial charge >= 0.3 is 0 Å². The predicted molar refractivity (Wildman–Crippen MR) is 107 cm³/mol. The zero-order valence-electron chi connectivity index (χ0n) is 15.8. The van der Waals surface area contributed by atoms with E-state index in [1.54, 1.807) is 26.4 Å². The molecular weight excluding hydrogens is 356 g/mol. The fourth-order valence-electron chi connectivity index (χ4n) is 2.60. The van der Waals surface area contributed by atoms with Crippen LogP contribution < -0.4 is 20.1 Å². The molecule has 3 rings (SSSR count). The molecule has 0 atom stereocenters. The molecule has 7 heteroatoms. The van der Waals surface area contributed by atoms with E-state index in [-0.39, 0.29) is 5.91 Å². The quantitative estimate of drug-likeness (QED) is 0.626. The molecule has 0 spiro atoms. The first-order valence-electron chi connectivity index (χ1n) is 8.83. The zero-order valence-corrected chi connectivity index (χ0v) is 15.8. The van der Waals surface area contributed by atoms with Gasteiger partial charge in [0.1, 0.15) is 11.5 Å². The first kappa shape index (κ1) is 19.2. The van der Waals surface area contributed by atoms with Crippen molar-refractivity contribution in [1.29, 1.82) is 0 Å². The number of benzene rings is 2. The summed E-state index contributed by atoms with van der Waals surface area (Å²) in [6, 6.07) is 15.4. The van der Waals surface area contributed by atoms with Gasteiger partial charge in [-0.3, -0.25) is 4.79 Å². The van der Waals surface area contributed by atoms with Gasteiger partial charge in [0, 0.05) is 25.0 Å². The second kappa shape index (κ2) is 9.36. The average Bonchev–Trinajstić information content (AvgIpc) is 2.75. The maximum atomic E-state index is 12.2. The summed E-state index contributed by atoms with van der Waals surface area (Å²) in [4.78, 5) is 20.6. The highest BCUT2D eigenvalue weighted by molar-refractivity contribution is 5.93. The van der Waals surface area contributed by atoms with Crippen molar-refractivity contribution < 1.29 is 14.3 Å². The summed E-state index contributed by atoms with van der Waals surface area (Å²) in [7, 11) is 3.16. The summed E-state index contributed by atoms with van der Waals surface area (Å²) < 4.78 is 10.5. The van der Waals surface area contributed by atoms with E-state index in [1.807, 2.05) is 36.4 Å². The Bertz CT molecular complexity index is 915. The molecule has 2 aromatic carbocycles. The lowest BCUT2D eigenvalue weighted by atomic mass is 10.1. The Labute approximate surface area is 163 Å². The smallest absolute Gasteiger partial charge is 0.254 e. The Kier molecular flexibility index (Phi) is 6.41. The number of hydrogen-bond acceptors (Lipinski definition) is 6. The molecule has 2 N–H and O–H groups in total. The van der Waals surface area contributed by atoms with Gasteiger partial charge in [-0.1, -0.05) is 30.3 Å². The Balaban J connectivity index is 1.58. The van der Waals surface area contributed by atoms with Crippen molar-refractivity contribution in [2.24, 2.45) is 0 Å². The van der Waals surface area contributed by atoms with Crippen LogP contribution in [0, 0.1) is 0 Å². The number of hydrogen-bond donors (Lipinski definition) is 2. The molecule has 0 radical (unpaired) electrons. The van der Waals surface area contributed by atoms with Gasteiger partial charge in [0.25, 0.3) is 5.91 Å². The highest BCUT2D eigenvalue weighted by Crippen LogP contribution is 2.30. The van der Waals surface area contributed by atoms with Gasteiger partial charge in [-0.15, -0.1) is 0 Å². The number of carbonyl (C=O) groups excluding carboxylic acids is 1. The fourth-order valence-corrected chi connectivity index (χ4v) is 2.60. The molecule has 1 amide bonds. The molecule has 144 valence electrons. The monoisotopic (exact) mass is 378 g/mol. The van der Waals surface area contributed by atoms with E-state index in [2.05, 4.69) is 20.6 Å². The Morgan fingerprint density at radius 3 is 2.43 bits per heavy atom. The maximum absolute atomic E-state index is 12.2. The molecule has 0 bridgehead atoms. The van der Waals surface area contributed by atoms with Gasteiger partial charge in [-0.05, 0) is 24.1 Å². The highest BCUT2D eigenvalue weighted by Gasteiger charge is 2.09. The molecule has 0 aliphatic heterocycles. The summed E-state index contributed by atoms with van der Waals surface area (Å²) >= 11 is 0. The second-order valence-corrected chi connectivity index (χ2v) is 5.98. The van der Waals surface area contributed by atoms with Crippen LogP contribution in [0.5, 0.6) is 11.5 Å². The van der Waals surface area contributed by atoms with Crippen molar-refractivity contribution in [2.75, 3.05) is 26.1 Å². The Hall–Kier alpha value is -3.61. The van der Waals surface area contributed by atoms with E-state index in [1.165, 1.54) is 18.0 Å². The molecule has 1 heterocycles. The number of nitrogens with zero attached hydrogens (tertiary/aromatic N) is 2. The highest BCUT2D eigenvalue weighted by atomic mass is 16.5. The lowest BCUT2D eigenvalue weighted by Gasteiger charge is -2.11. The van der Waals surface area contributed by atoms with E-state index in [0.717, 1.165) is 6.42 Å². The van der Waals surface area contributed by atoms with E-state index in [4.69, 9.17) is 9.47 Å². The van der Waals surface area contributed by atoms with Gasteiger partial charge in [-0.25, -0.2) is 9.97 Å². The van der Waals surface area contributed by atoms with Crippen LogP contribution in [0.25, 0.3) is 0 Å². The molecule has 3 aromatic rings. The predicted octanol–water partition coefficient (Wildman–Crippen LogP) is 3.21. The lowest BCUT2D eigenvalue weighted by molar-refractivity contribution is 0.0953. The van der Waals surface area contributed by atoms with E-state index < -0.39 is 0 Å². The van der Waals surface area contributed by atoms with Gasteiger partial charge in [0.15, 0.2) is 0 Å². The zero-order chi connectivity index (χ0) is 19.8. The lowest BCUT2D eigenvalue weighted by Crippen LogP contribution is -2.26. The molecule has 0 saturated heterocycles. The Morgan fingerprint density at radius 2 is 1.75 bits per heavy atom. The number of ether oxygens (including phenoxy) is 2. The third kappa shape index (κ3) is 4.97. The second-order valence-electron chi connectivity index (χ2n) is 5.98. The van der Waals surface area contributed by atoms with Crippen LogP contribution >= 0.6 is 0 Å². The third-order valence-electron chi connectivity index (χ3n) is 4.11. The van der Waals surface area contributed by atoms with Crippen LogP contribution in [0.2, 0.25) is 0 Å². The first-order chi connectivity index (χ1) is 13.7. The number of amides is 1. The summed E-state index contributed by atoms with van der Waals surface area (Å²) in [5.41, 5.74) is 2.27. The van der Waals surface area contributed by atoms with Crippen LogP contribution in [0.3, 0.4) is 0 Å². The van der Waals surface area contributed by atoms with Gasteiger partial charge in [-0.2, -0.15) is 0 Å². The largest absolute Gasteiger partial charge is 0.497 e. The van der Waals surface area contributed by atoms with Gasteiger partial charge in [0.05, 0.1) is 25.5 Å². The van der Waals surface area contributed by atoms with Crippen LogP contribution in [0.1, 0.15) is 15.9 Å². The number of methoxy groups -OCH3 is 2. The SMILES string of the molecule is COc1ccc(Nc2ncc(C(=O)NCCc3ccccc3)cn2)c(OC)c1. The number of nitrogens with one attached hydrogen (secondary N) is 2. The van der Waals surface area contributed by atoms with Crippen molar-refractivity contribution in [2.45, 2.75) is 6.42 Å². The molecular formula is C21H22N4O3. The van der Waals surface area contributed by atoms with Gasteiger partial charge < -0.3 is 20.1 Å². The summed E-state index contributed by atoms with van der Waals surface area (Å²) in [5.74, 6) is 1.45. The fraction of sp³-hybridized carbons (Fsp3) is 0.190. The molecule has 0 fully saturated rings. The summed E-state index contributed by atoms with van der Waals surface area (Å²) in [6.45, 7) is 0.548. The van der Waals surface area contributed by atoms with Crippen LogP contribution in [-0.4, -0.2) is 36.6 Å². The van der Waals surface area contributed by atoms with Crippen molar-refractivity contribution in [3.05, 3.63) is 72.1 Å². The molecule has 0 unspecified atom stereocenters. The van der Waals surface area contributed by atoms with E-state index in [9.17, 15) is 4.79 Å². The third-order valence-corrected chi connectivity index (χ3v) is 4.11. The normalized spacial score (nSPS) is 10.2. The molecule has 0 aliphatic rings. The number of rotatable bonds is 8. The van der Waals surface area contributed by atoms with E-state index >= 15 is 0 Å². The van der Waals surface area contributed by atoms with Crippen LogP contribution in [0.15, 0.2) is 60.9 Å². The van der Waals surface area contributed by atoms with E-state index in [0.29, 0.717) is 35.2 Å². The number of aromatic nitrogens is 2. The molecule has 28 heavy (non-hydrogen) atoms. The summed E-state index contributed by atoms with van der Waals surface area (Å²) in [6.07, 6.45) is 3.75. The number of carbonyl (C=O) groups is 1. The standard InChI is InChI=1S/C21H22N4O3/c1-27-17-8-9-18(19(12-17)28-2)25-21-23-13-16(14-24-21)20(26)22-11-10-15-6-4-3-5-7-15/h3-9,12-14H,10-11H2,1-2H3,(H,22,26)(H,23,24,25). The number of anilines is 2. The molecule has 0 saturated carbocycles. The molecule has 1 aromatic heterocycles. The Morgan fingerprint density at radius 1 is 1.00 bits per heavy atom. The topological polar surface area (TPSA) is 85.4 Å². The van der Waals surface area contributed by atoms with Gasteiger partial charge in [0.2, 0.25) is 5.95 Å². The van der Waals surface area contributed by atoms with Crippen LogP contribution in [0.4, 0.5) is 11.6 Å². The minimum absolute atomic E-state index is 0.204. The van der Waals surface area contributed by atoms with Crippen LogP contribution in [-0.2, 0) is 6.42 Å². The minimum atomic E-state index is -0.204. The summed E-state index contributed by atoms with van der Waals surface area (Å²) in [5, 5.41) is 5.95. The average molecular weight is 378 g/mol. The van der Waals surface area contributed by atoms with Crippen molar-refractivity contribution in [3.63, 3.8) is 0 Å². The van der Waals surface area contributed by atoms with Crippen molar-refractivity contribution in [1.82, 2.24) is 15.3 Å². The molecule has 7 nitrogen and oxygen atoms in total. The van der Waals surface area contributed by atoms with Crippen molar-refractivity contribution in [3.8, 4) is 11.5 Å². The first-order valence-corrected chi connectivity index (χ1v) is 8.83. The molecule has 0 aliphatic carbocycles. The maximum Gasteiger partial charge on any atom is 0.254 e. The minimum Gasteiger partial charge on any atom is -0.497 e. The van der Waals surface area contributed by atoms with Crippen molar-refractivity contribution >= 4 is 17.5 Å².